The predicted molar refractivity (Wildman–Crippen MR) is 68.8 cm³/mol. The van der Waals surface area contributed by atoms with Gasteiger partial charge >= 0.3 is 0 Å². The topological polar surface area (TPSA) is 44.5 Å². The summed E-state index contributed by atoms with van der Waals surface area (Å²) in [5.74, 6) is 1.65. The number of benzene rings is 1. The van der Waals surface area contributed by atoms with Gasteiger partial charge in [-0.2, -0.15) is 0 Å². The second kappa shape index (κ2) is 4.57. The summed E-state index contributed by atoms with van der Waals surface area (Å²) >= 11 is 0. The Morgan fingerprint density at radius 3 is 2.41 bits per heavy atom. The van der Waals surface area contributed by atoms with Gasteiger partial charge in [0.1, 0.15) is 0 Å². The monoisotopic (exact) mass is 235 g/mol. The molecule has 0 spiro atoms. The van der Waals surface area contributed by atoms with Crippen LogP contribution in [0.1, 0.15) is 30.9 Å². The van der Waals surface area contributed by atoms with Gasteiger partial charge in [-0.05, 0) is 37.3 Å². The van der Waals surface area contributed by atoms with Crippen molar-refractivity contribution in [1.29, 1.82) is 0 Å². The molecule has 0 bridgehead atoms. The molecule has 0 aliphatic heterocycles. The maximum absolute atomic E-state index is 6.22. The van der Waals surface area contributed by atoms with E-state index in [4.69, 9.17) is 15.2 Å². The normalized spacial score (nSPS) is 16.7. The molecular weight excluding hydrogens is 214 g/mol. The van der Waals surface area contributed by atoms with Gasteiger partial charge in [-0.3, -0.25) is 0 Å². The van der Waals surface area contributed by atoms with E-state index in [0.717, 1.165) is 37.2 Å². The van der Waals surface area contributed by atoms with E-state index in [1.165, 1.54) is 11.1 Å². The SMILES string of the molecule is CCc1ccc(OC)c(OC)c1CC1(N)CC1. The maximum Gasteiger partial charge on any atom is 0.164 e. The molecule has 1 aliphatic rings. The number of nitrogens with two attached hydrogens (primary N) is 1. The van der Waals surface area contributed by atoms with Crippen LogP contribution in [0.2, 0.25) is 0 Å². The first-order chi connectivity index (χ1) is 8.13. The van der Waals surface area contributed by atoms with E-state index in [1.54, 1.807) is 14.2 Å². The van der Waals surface area contributed by atoms with Crippen molar-refractivity contribution in [3.8, 4) is 11.5 Å². The summed E-state index contributed by atoms with van der Waals surface area (Å²) < 4.78 is 10.8. The van der Waals surface area contributed by atoms with Gasteiger partial charge in [0.05, 0.1) is 14.2 Å². The minimum absolute atomic E-state index is 0.0104. The average molecular weight is 235 g/mol. The van der Waals surface area contributed by atoms with Crippen LogP contribution in [-0.2, 0) is 12.8 Å². The summed E-state index contributed by atoms with van der Waals surface area (Å²) in [6.07, 6.45) is 4.09. The van der Waals surface area contributed by atoms with Gasteiger partial charge in [0.25, 0.3) is 0 Å². The molecule has 94 valence electrons. The van der Waals surface area contributed by atoms with Gasteiger partial charge in [-0.25, -0.2) is 0 Å². The van der Waals surface area contributed by atoms with Crippen LogP contribution in [0.4, 0.5) is 0 Å². The molecule has 0 radical (unpaired) electrons. The first-order valence-electron chi connectivity index (χ1n) is 6.15. The van der Waals surface area contributed by atoms with E-state index in [0.29, 0.717) is 0 Å². The zero-order chi connectivity index (χ0) is 12.5. The minimum atomic E-state index is -0.0104. The molecule has 0 amide bonds. The highest BCUT2D eigenvalue weighted by Gasteiger charge is 2.39. The zero-order valence-corrected chi connectivity index (χ0v) is 10.9. The molecule has 1 fully saturated rings. The van der Waals surface area contributed by atoms with Crippen LogP contribution in [0.15, 0.2) is 12.1 Å². The fourth-order valence-corrected chi connectivity index (χ4v) is 2.25. The number of ether oxygens (including phenoxy) is 2. The van der Waals surface area contributed by atoms with E-state index >= 15 is 0 Å². The summed E-state index contributed by atoms with van der Waals surface area (Å²) in [5, 5.41) is 0. The molecular formula is C14H21NO2. The van der Waals surface area contributed by atoms with Crippen molar-refractivity contribution >= 4 is 0 Å². The van der Waals surface area contributed by atoms with E-state index in [-0.39, 0.29) is 5.54 Å². The third-order valence-corrected chi connectivity index (χ3v) is 3.55. The standard InChI is InChI=1S/C14H21NO2/c1-4-10-5-6-12(16-2)13(17-3)11(10)9-14(15)7-8-14/h5-6H,4,7-9,15H2,1-3H3. The summed E-state index contributed by atoms with van der Waals surface area (Å²) in [4.78, 5) is 0. The smallest absolute Gasteiger partial charge is 0.164 e. The van der Waals surface area contributed by atoms with Crippen molar-refractivity contribution in [2.45, 2.75) is 38.1 Å². The van der Waals surface area contributed by atoms with Gasteiger partial charge in [0.2, 0.25) is 0 Å². The highest BCUT2D eigenvalue weighted by molar-refractivity contribution is 5.52. The van der Waals surface area contributed by atoms with Gasteiger partial charge in [-0.15, -0.1) is 0 Å². The summed E-state index contributed by atoms with van der Waals surface area (Å²) in [6.45, 7) is 2.15. The van der Waals surface area contributed by atoms with Gasteiger partial charge in [-0.1, -0.05) is 13.0 Å². The molecule has 1 saturated carbocycles. The average Bonchev–Trinajstić information content (AvgIpc) is 3.06. The van der Waals surface area contributed by atoms with Crippen molar-refractivity contribution in [3.63, 3.8) is 0 Å². The maximum atomic E-state index is 6.22. The number of hydrogen-bond acceptors (Lipinski definition) is 3. The van der Waals surface area contributed by atoms with Crippen molar-refractivity contribution in [2.75, 3.05) is 14.2 Å². The zero-order valence-electron chi connectivity index (χ0n) is 10.9. The Bertz CT molecular complexity index is 411. The molecule has 2 N–H and O–H groups in total. The first kappa shape index (κ1) is 12.2. The highest BCUT2D eigenvalue weighted by atomic mass is 16.5. The predicted octanol–water partition coefficient (Wildman–Crippen LogP) is 2.30. The Morgan fingerprint density at radius 1 is 1.24 bits per heavy atom. The largest absolute Gasteiger partial charge is 0.493 e. The fraction of sp³-hybridized carbons (Fsp3) is 0.571. The lowest BCUT2D eigenvalue weighted by molar-refractivity contribution is 0.350. The molecule has 1 aliphatic carbocycles. The number of hydrogen-bond donors (Lipinski definition) is 1. The molecule has 1 aromatic rings. The molecule has 0 aromatic heterocycles. The Labute approximate surface area is 103 Å². The lowest BCUT2D eigenvalue weighted by Crippen LogP contribution is -2.25. The van der Waals surface area contributed by atoms with Crippen LogP contribution in [-0.4, -0.2) is 19.8 Å². The van der Waals surface area contributed by atoms with Crippen LogP contribution in [0.3, 0.4) is 0 Å². The Morgan fingerprint density at radius 2 is 1.94 bits per heavy atom. The third kappa shape index (κ3) is 2.39. The first-order valence-corrected chi connectivity index (χ1v) is 6.15. The van der Waals surface area contributed by atoms with Crippen molar-refractivity contribution in [2.24, 2.45) is 5.73 Å². The molecule has 0 saturated heterocycles. The number of rotatable bonds is 5. The van der Waals surface area contributed by atoms with Crippen LogP contribution in [0.25, 0.3) is 0 Å². The molecule has 2 rings (SSSR count). The second-order valence-electron chi connectivity index (χ2n) is 4.83. The van der Waals surface area contributed by atoms with Crippen LogP contribution < -0.4 is 15.2 Å². The van der Waals surface area contributed by atoms with Crippen molar-refractivity contribution < 1.29 is 9.47 Å². The highest BCUT2D eigenvalue weighted by Crippen LogP contribution is 2.42. The molecule has 0 unspecified atom stereocenters. The van der Waals surface area contributed by atoms with E-state index in [2.05, 4.69) is 13.0 Å². The van der Waals surface area contributed by atoms with E-state index in [9.17, 15) is 0 Å². The lowest BCUT2D eigenvalue weighted by atomic mass is 9.96. The summed E-state index contributed by atoms with van der Waals surface area (Å²) in [5.41, 5.74) is 8.73. The quantitative estimate of drug-likeness (QED) is 0.851. The molecule has 1 aromatic carbocycles. The van der Waals surface area contributed by atoms with Crippen molar-refractivity contribution in [1.82, 2.24) is 0 Å². The Kier molecular flexibility index (Phi) is 3.29. The van der Waals surface area contributed by atoms with Gasteiger partial charge < -0.3 is 15.2 Å². The van der Waals surface area contributed by atoms with Crippen LogP contribution >= 0.6 is 0 Å². The number of methoxy groups -OCH3 is 2. The molecule has 0 atom stereocenters. The summed E-state index contributed by atoms with van der Waals surface area (Å²) in [7, 11) is 3.36. The molecule has 3 heteroatoms. The van der Waals surface area contributed by atoms with Crippen LogP contribution in [0, 0.1) is 0 Å². The number of aryl methyl sites for hydroxylation is 1. The second-order valence-corrected chi connectivity index (χ2v) is 4.83. The van der Waals surface area contributed by atoms with Gasteiger partial charge in [0.15, 0.2) is 11.5 Å². The fourth-order valence-electron chi connectivity index (χ4n) is 2.25. The minimum Gasteiger partial charge on any atom is -0.493 e. The van der Waals surface area contributed by atoms with E-state index < -0.39 is 0 Å². The van der Waals surface area contributed by atoms with Crippen molar-refractivity contribution in [3.05, 3.63) is 23.3 Å². The van der Waals surface area contributed by atoms with Gasteiger partial charge in [0, 0.05) is 11.1 Å². The molecule has 0 heterocycles. The van der Waals surface area contributed by atoms with E-state index in [1.807, 2.05) is 6.07 Å². The lowest BCUT2D eigenvalue weighted by Gasteiger charge is -2.18. The third-order valence-electron chi connectivity index (χ3n) is 3.55. The molecule has 17 heavy (non-hydrogen) atoms. The van der Waals surface area contributed by atoms with Crippen LogP contribution in [0.5, 0.6) is 11.5 Å². The summed E-state index contributed by atoms with van der Waals surface area (Å²) in [6, 6.07) is 4.08. The molecule has 3 nitrogen and oxygen atoms in total. The Balaban J connectivity index is 2.42. The Hall–Kier alpha value is -1.22.